The Kier molecular flexibility index (Phi) is 3.54. The van der Waals surface area contributed by atoms with Crippen molar-refractivity contribution in [1.82, 2.24) is 0 Å². The second kappa shape index (κ2) is 4.81. The van der Waals surface area contributed by atoms with Crippen LogP contribution in [0.1, 0.15) is 11.7 Å². The maximum Gasteiger partial charge on any atom is 0.419 e. The fourth-order valence-electron chi connectivity index (χ4n) is 1.47. The minimum Gasteiger partial charge on any atom is -0.371 e. The van der Waals surface area contributed by atoms with Crippen LogP contribution in [0.5, 0.6) is 0 Å². The molecule has 0 N–H and O–H groups in total. The average Bonchev–Trinajstić information content (AvgIpc) is 3.04. The van der Waals surface area contributed by atoms with Crippen molar-refractivity contribution >= 4 is 0 Å². The third-order valence-corrected chi connectivity index (χ3v) is 2.41. The van der Waals surface area contributed by atoms with E-state index in [2.05, 4.69) is 9.47 Å². The van der Waals surface area contributed by atoms with Crippen molar-refractivity contribution in [3.63, 3.8) is 0 Å². The number of hydrogen-bond acceptors (Lipinski definition) is 2. The van der Waals surface area contributed by atoms with E-state index in [1.54, 1.807) is 0 Å². The Labute approximate surface area is 99.3 Å². The van der Waals surface area contributed by atoms with Crippen LogP contribution in [0.4, 0.5) is 22.0 Å². The Morgan fingerprint density at radius 1 is 1.28 bits per heavy atom. The first kappa shape index (κ1) is 13.2. The standard InChI is InChI=1S/C11H9F5O2/c12-7-2-1-3-8(13)9(7)10(11(14,15)16)18-5-6-4-17-6/h1-3,6,10H,4-5H2/t6-,10+/m1/s1. The highest BCUT2D eigenvalue weighted by Crippen LogP contribution is 2.38. The topological polar surface area (TPSA) is 21.8 Å². The number of benzene rings is 1. The van der Waals surface area contributed by atoms with Crippen LogP contribution in [0.2, 0.25) is 0 Å². The van der Waals surface area contributed by atoms with Crippen LogP contribution in [-0.4, -0.2) is 25.5 Å². The summed E-state index contributed by atoms with van der Waals surface area (Å²) < 4.78 is 74.1. The molecule has 1 aliphatic rings. The normalized spacial score (nSPS) is 20.8. The van der Waals surface area contributed by atoms with E-state index in [0.717, 1.165) is 18.2 Å². The van der Waals surface area contributed by atoms with Gasteiger partial charge in [0.05, 0.1) is 18.8 Å². The SMILES string of the molecule is Fc1cccc(F)c1[C@H](OC[C@H]1CO1)C(F)(F)F. The van der Waals surface area contributed by atoms with Gasteiger partial charge in [-0.05, 0) is 12.1 Å². The van der Waals surface area contributed by atoms with E-state index in [9.17, 15) is 22.0 Å². The van der Waals surface area contributed by atoms with Gasteiger partial charge < -0.3 is 9.47 Å². The molecule has 0 bridgehead atoms. The lowest BCUT2D eigenvalue weighted by Crippen LogP contribution is -2.27. The molecule has 0 unspecified atom stereocenters. The summed E-state index contributed by atoms with van der Waals surface area (Å²) in [5.41, 5.74) is -1.12. The van der Waals surface area contributed by atoms with Crippen molar-refractivity contribution in [1.29, 1.82) is 0 Å². The molecular weight excluding hydrogens is 259 g/mol. The Morgan fingerprint density at radius 3 is 2.28 bits per heavy atom. The first-order valence-corrected chi connectivity index (χ1v) is 5.13. The number of rotatable bonds is 4. The molecule has 0 aromatic heterocycles. The quantitative estimate of drug-likeness (QED) is 0.618. The Bertz CT molecular complexity index is 408. The molecule has 1 saturated heterocycles. The van der Waals surface area contributed by atoms with Gasteiger partial charge in [-0.3, -0.25) is 0 Å². The van der Waals surface area contributed by atoms with E-state index < -0.39 is 35.6 Å². The predicted molar refractivity (Wildman–Crippen MR) is 50.8 cm³/mol. The zero-order valence-electron chi connectivity index (χ0n) is 9.01. The Hall–Kier alpha value is -1.21. The first-order chi connectivity index (χ1) is 8.39. The van der Waals surface area contributed by atoms with Crippen molar-refractivity contribution in [2.24, 2.45) is 0 Å². The number of halogens is 5. The summed E-state index contributed by atoms with van der Waals surface area (Å²) in [5, 5.41) is 0. The number of hydrogen-bond donors (Lipinski definition) is 0. The van der Waals surface area contributed by atoms with Crippen LogP contribution >= 0.6 is 0 Å². The number of ether oxygens (including phenoxy) is 2. The lowest BCUT2D eigenvalue weighted by atomic mass is 10.1. The molecule has 18 heavy (non-hydrogen) atoms. The van der Waals surface area contributed by atoms with Gasteiger partial charge in [-0.25, -0.2) is 8.78 Å². The fraction of sp³-hybridized carbons (Fsp3) is 0.455. The highest BCUT2D eigenvalue weighted by atomic mass is 19.4. The first-order valence-electron chi connectivity index (χ1n) is 5.13. The summed E-state index contributed by atoms with van der Waals surface area (Å²) in [4.78, 5) is 0. The van der Waals surface area contributed by atoms with Gasteiger partial charge >= 0.3 is 6.18 Å². The van der Waals surface area contributed by atoms with E-state index in [0.29, 0.717) is 6.61 Å². The van der Waals surface area contributed by atoms with Gasteiger partial charge in [-0.15, -0.1) is 0 Å². The number of epoxide rings is 1. The maximum absolute atomic E-state index is 13.3. The zero-order chi connectivity index (χ0) is 13.3. The molecule has 0 amide bonds. The van der Waals surface area contributed by atoms with Crippen LogP contribution in [0, 0.1) is 11.6 Å². The minimum absolute atomic E-state index is 0.296. The highest BCUT2D eigenvalue weighted by molar-refractivity contribution is 5.23. The summed E-state index contributed by atoms with van der Waals surface area (Å²) in [7, 11) is 0. The fourth-order valence-corrected chi connectivity index (χ4v) is 1.47. The summed E-state index contributed by atoms with van der Waals surface area (Å²) in [6.45, 7) is -0.0533. The van der Waals surface area contributed by atoms with Crippen molar-refractivity contribution in [2.45, 2.75) is 18.4 Å². The minimum atomic E-state index is -4.89. The third kappa shape index (κ3) is 2.97. The van der Waals surface area contributed by atoms with E-state index >= 15 is 0 Å². The molecule has 7 heteroatoms. The van der Waals surface area contributed by atoms with Gasteiger partial charge in [0.2, 0.25) is 0 Å². The molecular formula is C11H9F5O2. The van der Waals surface area contributed by atoms with Gasteiger partial charge in [0.25, 0.3) is 0 Å². The molecule has 2 nitrogen and oxygen atoms in total. The van der Waals surface area contributed by atoms with Gasteiger partial charge in [0, 0.05) is 0 Å². The third-order valence-electron chi connectivity index (χ3n) is 2.41. The molecule has 1 fully saturated rings. The van der Waals surface area contributed by atoms with E-state index in [-0.39, 0.29) is 6.61 Å². The molecule has 0 saturated carbocycles. The molecule has 1 aromatic rings. The molecule has 1 heterocycles. The summed E-state index contributed by atoms with van der Waals surface area (Å²) >= 11 is 0. The van der Waals surface area contributed by atoms with Crippen LogP contribution in [0.25, 0.3) is 0 Å². The summed E-state index contributed by atoms with van der Waals surface area (Å²) in [6.07, 6.45) is -7.94. The second-order valence-corrected chi connectivity index (χ2v) is 3.85. The maximum atomic E-state index is 13.3. The molecule has 0 radical (unpaired) electrons. The average molecular weight is 268 g/mol. The molecule has 0 aliphatic carbocycles. The van der Waals surface area contributed by atoms with Gasteiger partial charge in [0.15, 0.2) is 6.10 Å². The highest BCUT2D eigenvalue weighted by Gasteiger charge is 2.45. The van der Waals surface area contributed by atoms with Crippen molar-refractivity contribution in [3.8, 4) is 0 Å². The number of alkyl halides is 3. The van der Waals surface area contributed by atoms with Crippen molar-refractivity contribution in [2.75, 3.05) is 13.2 Å². The smallest absolute Gasteiger partial charge is 0.371 e. The van der Waals surface area contributed by atoms with Crippen molar-refractivity contribution < 1.29 is 31.4 Å². The van der Waals surface area contributed by atoms with Crippen LogP contribution in [0.3, 0.4) is 0 Å². The Morgan fingerprint density at radius 2 is 1.83 bits per heavy atom. The predicted octanol–water partition coefficient (Wildman–Crippen LogP) is 2.98. The largest absolute Gasteiger partial charge is 0.419 e. The van der Waals surface area contributed by atoms with E-state index in [1.165, 1.54) is 0 Å². The summed E-state index contributed by atoms with van der Waals surface area (Å²) in [5.74, 6) is -2.57. The van der Waals surface area contributed by atoms with Crippen LogP contribution in [-0.2, 0) is 9.47 Å². The molecule has 1 aliphatic heterocycles. The lowest BCUT2D eigenvalue weighted by Gasteiger charge is -2.21. The molecule has 2 atom stereocenters. The molecule has 2 rings (SSSR count). The molecule has 0 spiro atoms. The van der Waals surface area contributed by atoms with Gasteiger partial charge in [-0.1, -0.05) is 6.07 Å². The summed E-state index contributed by atoms with van der Waals surface area (Å²) in [6, 6.07) is 2.51. The molecule has 100 valence electrons. The van der Waals surface area contributed by atoms with E-state index in [4.69, 9.17) is 0 Å². The van der Waals surface area contributed by atoms with E-state index in [1.807, 2.05) is 0 Å². The van der Waals surface area contributed by atoms with Crippen LogP contribution < -0.4 is 0 Å². The van der Waals surface area contributed by atoms with Crippen molar-refractivity contribution in [3.05, 3.63) is 35.4 Å². The van der Waals surface area contributed by atoms with Crippen LogP contribution in [0.15, 0.2) is 18.2 Å². The zero-order valence-corrected chi connectivity index (χ0v) is 9.01. The second-order valence-electron chi connectivity index (χ2n) is 3.85. The Balaban J connectivity index is 2.26. The molecule has 1 aromatic carbocycles. The lowest BCUT2D eigenvalue weighted by molar-refractivity contribution is -0.226. The monoisotopic (exact) mass is 268 g/mol. The van der Waals surface area contributed by atoms with Gasteiger partial charge in [0.1, 0.15) is 17.7 Å². The van der Waals surface area contributed by atoms with Gasteiger partial charge in [-0.2, -0.15) is 13.2 Å².